The summed E-state index contributed by atoms with van der Waals surface area (Å²) in [6, 6.07) is 9.78. The normalized spacial score (nSPS) is 10.0. The van der Waals surface area contributed by atoms with Gasteiger partial charge in [0.05, 0.1) is 9.95 Å². The highest BCUT2D eigenvalue weighted by molar-refractivity contribution is 6.31. The average Bonchev–Trinajstić information content (AvgIpc) is 2.42. The molecule has 0 aromatic heterocycles. The lowest BCUT2D eigenvalue weighted by Gasteiger charge is -2.08. The quantitative estimate of drug-likeness (QED) is 0.686. The van der Waals surface area contributed by atoms with Gasteiger partial charge in [-0.2, -0.15) is 0 Å². The van der Waals surface area contributed by atoms with Crippen LogP contribution in [0, 0.1) is 15.9 Å². The fourth-order valence-electron chi connectivity index (χ4n) is 1.55. The first-order valence-corrected chi connectivity index (χ1v) is 6.02. The second kappa shape index (κ2) is 6.19. The van der Waals surface area contributed by atoms with Gasteiger partial charge in [-0.3, -0.25) is 15.4 Å². The lowest BCUT2D eigenvalue weighted by molar-refractivity contribution is -0.384. The maximum Gasteiger partial charge on any atom is 0.417 e. The van der Waals surface area contributed by atoms with Crippen LogP contribution in [-0.4, -0.2) is 11.0 Å². The van der Waals surface area contributed by atoms with Crippen molar-refractivity contribution in [2.75, 3.05) is 5.32 Å². The number of hydrogen-bond acceptors (Lipinski definition) is 4. The highest BCUT2D eigenvalue weighted by Gasteiger charge is 2.22. The van der Waals surface area contributed by atoms with Gasteiger partial charge in [0.15, 0.2) is 11.5 Å². The molecule has 0 saturated carbocycles. The highest BCUT2D eigenvalue weighted by Crippen LogP contribution is 2.31. The van der Waals surface area contributed by atoms with Crippen molar-refractivity contribution < 1.29 is 18.8 Å². The zero-order valence-electron chi connectivity index (χ0n) is 10.4. The second-order valence-corrected chi connectivity index (χ2v) is 4.30. The van der Waals surface area contributed by atoms with Crippen LogP contribution in [0.1, 0.15) is 0 Å². The van der Waals surface area contributed by atoms with Crippen LogP contribution in [0.25, 0.3) is 0 Å². The molecule has 2 rings (SSSR count). The molecule has 0 fully saturated rings. The number of nitrogens with zero attached hydrogens (tertiary/aromatic N) is 1. The van der Waals surface area contributed by atoms with E-state index in [-0.39, 0.29) is 10.8 Å². The highest BCUT2D eigenvalue weighted by atomic mass is 35.5. The Bertz CT molecular complexity index is 694. The van der Waals surface area contributed by atoms with Gasteiger partial charge in [0.1, 0.15) is 5.75 Å². The molecule has 0 heterocycles. The molecule has 0 aliphatic carbocycles. The average molecular weight is 311 g/mol. The third kappa shape index (κ3) is 3.67. The van der Waals surface area contributed by atoms with Crippen LogP contribution in [0.4, 0.5) is 20.6 Å². The van der Waals surface area contributed by atoms with Crippen molar-refractivity contribution in [2.24, 2.45) is 0 Å². The predicted molar refractivity (Wildman–Crippen MR) is 74.2 cm³/mol. The molecule has 2 aromatic carbocycles. The molecule has 8 heteroatoms. The maximum atomic E-state index is 13.7. The molecule has 1 amide bonds. The van der Waals surface area contributed by atoms with Gasteiger partial charge >= 0.3 is 6.09 Å². The number of nitrogens with one attached hydrogen (secondary N) is 1. The molecule has 1 N–H and O–H groups in total. The van der Waals surface area contributed by atoms with Crippen LogP contribution < -0.4 is 10.1 Å². The van der Waals surface area contributed by atoms with Crippen LogP contribution >= 0.6 is 11.6 Å². The zero-order chi connectivity index (χ0) is 15.4. The SMILES string of the molecule is O=C(Nc1c(F)cc(Cl)cc1[N+](=O)[O-])Oc1ccccc1. The monoisotopic (exact) mass is 310 g/mol. The van der Waals surface area contributed by atoms with Gasteiger partial charge in [-0.15, -0.1) is 0 Å². The molecule has 0 aliphatic rings. The third-order valence-corrected chi connectivity index (χ3v) is 2.63. The number of para-hydroxylation sites is 1. The third-order valence-electron chi connectivity index (χ3n) is 2.41. The Balaban J connectivity index is 2.23. The van der Waals surface area contributed by atoms with Crippen molar-refractivity contribution in [3.63, 3.8) is 0 Å². The number of carbonyl (C=O) groups is 1. The van der Waals surface area contributed by atoms with Gasteiger partial charge in [0.25, 0.3) is 5.69 Å². The van der Waals surface area contributed by atoms with E-state index in [1.165, 1.54) is 12.1 Å². The summed E-state index contributed by atoms with van der Waals surface area (Å²) in [5.74, 6) is -0.814. The summed E-state index contributed by atoms with van der Waals surface area (Å²) in [4.78, 5) is 21.6. The minimum Gasteiger partial charge on any atom is -0.410 e. The molecule has 21 heavy (non-hydrogen) atoms. The molecular weight excluding hydrogens is 303 g/mol. The molecular formula is C13H8ClFN2O4. The summed E-state index contributed by atoms with van der Waals surface area (Å²) in [7, 11) is 0. The van der Waals surface area contributed by atoms with Crippen molar-refractivity contribution in [2.45, 2.75) is 0 Å². The van der Waals surface area contributed by atoms with Gasteiger partial charge < -0.3 is 4.74 Å². The van der Waals surface area contributed by atoms with E-state index in [2.05, 4.69) is 0 Å². The Hall–Kier alpha value is -2.67. The zero-order valence-corrected chi connectivity index (χ0v) is 11.1. The second-order valence-electron chi connectivity index (χ2n) is 3.87. The standard InChI is InChI=1S/C13H8ClFN2O4/c14-8-6-10(15)12(11(7-8)17(19)20)16-13(18)21-9-4-2-1-3-5-9/h1-7H,(H,16,18). The van der Waals surface area contributed by atoms with Gasteiger partial charge in [-0.1, -0.05) is 29.8 Å². The Kier molecular flexibility index (Phi) is 4.34. The van der Waals surface area contributed by atoms with E-state index < -0.39 is 28.2 Å². The van der Waals surface area contributed by atoms with Crippen molar-refractivity contribution in [3.05, 3.63) is 63.4 Å². The molecule has 108 valence electrons. The first kappa shape index (κ1) is 14.7. The molecule has 0 unspecified atom stereocenters. The van der Waals surface area contributed by atoms with Crippen LogP contribution in [0.15, 0.2) is 42.5 Å². The molecule has 0 bridgehead atoms. The van der Waals surface area contributed by atoms with E-state index in [0.29, 0.717) is 0 Å². The molecule has 0 saturated heterocycles. The topological polar surface area (TPSA) is 81.5 Å². The summed E-state index contributed by atoms with van der Waals surface area (Å²) in [5, 5.41) is 12.7. The summed E-state index contributed by atoms with van der Waals surface area (Å²) >= 11 is 5.54. The van der Waals surface area contributed by atoms with E-state index in [1.807, 2.05) is 5.32 Å². The van der Waals surface area contributed by atoms with Gasteiger partial charge in [-0.25, -0.2) is 9.18 Å². The van der Waals surface area contributed by atoms with E-state index in [9.17, 15) is 19.3 Å². The fourth-order valence-corrected chi connectivity index (χ4v) is 1.75. The molecule has 0 aliphatic heterocycles. The van der Waals surface area contributed by atoms with Crippen LogP contribution in [0.5, 0.6) is 5.75 Å². The van der Waals surface area contributed by atoms with E-state index >= 15 is 0 Å². The molecule has 6 nitrogen and oxygen atoms in total. The smallest absolute Gasteiger partial charge is 0.410 e. The largest absolute Gasteiger partial charge is 0.417 e. The number of hydrogen-bond donors (Lipinski definition) is 1. The molecule has 2 aromatic rings. The van der Waals surface area contributed by atoms with E-state index in [4.69, 9.17) is 16.3 Å². The van der Waals surface area contributed by atoms with Gasteiger partial charge in [0, 0.05) is 6.07 Å². The van der Waals surface area contributed by atoms with Gasteiger partial charge in [0.2, 0.25) is 0 Å². The lowest BCUT2D eigenvalue weighted by Crippen LogP contribution is -2.18. The predicted octanol–water partition coefficient (Wildman–Crippen LogP) is 4.00. The number of carbonyl (C=O) groups excluding carboxylic acids is 1. The van der Waals surface area contributed by atoms with Crippen molar-refractivity contribution in [1.29, 1.82) is 0 Å². The number of halogens is 2. The Morgan fingerprint density at radius 2 is 1.95 bits per heavy atom. The van der Waals surface area contributed by atoms with Crippen molar-refractivity contribution in [3.8, 4) is 5.75 Å². The number of nitro benzene ring substituents is 1. The van der Waals surface area contributed by atoms with E-state index in [0.717, 1.165) is 12.1 Å². The summed E-state index contributed by atoms with van der Waals surface area (Å²) in [5.41, 5.74) is -1.27. The summed E-state index contributed by atoms with van der Waals surface area (Å²) in [6.07, 6.45) is -1.05. The number of rotatable bonds is 3. The van der Waals surface area contributed by atoms with Crippen molar-refractivity contribution in [1.82, 2.24) is 0 Å². The first-order chi connectivity index (χ1) is 9.97. The molecule has 0 radical (unpaired) electrons. The number of anilines is 1. The van der Waals surface area contributed by atoms with Crippen molar-refractivity contribution >= 4 is 29.1 Å². The molecule has 0 spiro atoms. The fraction of sp³-hybridized carbons (Fsp3) is 0. The number of amides is 1. The van der Waals surface area contributed by atoms with Gasteiger partial charge in [-0.05, 0) is 18.2 Å². The van der Waals surface area contributed by atoms with E-state index in [1.54, 1.807) is 18.2 Å². The minimum atomic E-state index is -1.05. The Morgan fingerprint density at radius 1 is 1.29 bits per heavy atom. The minimum absolute atomic E-state index is 0.152. The number of nitro groups is 1. The number of ether oxygens (including phenoxy) is 1. The van der Waals surface area contributed by atoms with Crippen LogP contribution in [0.2, 0.25) is 5.02 Å². The molecule has 0 atom stereocenters. The van der Waals surface area contributed by atoms with Crippen LogP contribution in [-0.2, 0) is 0 Å². The Labute approximate surface area is 123 Å². The Morgan fingerprint density at radius 3 is 2.57 bits per heavy atom. The summed E-state index contributed by atoms with van der Waals surface area (Å²) in [6.45, 7) is 0. The summed E-state index contributed by atoms with van der Waals surface area (Å²) < 4.78 is 18.6. The van der Waals surface area contributed by atoms with Crippen LogP contribution in [0.3, 0.4) is 0 Å². The first-order valence-electron chi connectivity index (χ1n) is 5.64. The number of benzene rings is 2. The maximum absolute atomic E-state index is 13.7. The lowest BCUT2D eigenvalue weighted by atomic mass is 10.2.